The SMILES string of the molecule is CCNC(Cc1ccn(C(C)C)n1)C1CC2CCC1O2. The van der Waals surface area contributed by atoms with Crippen LogP contribution in [0.2, 0.25) is 0 Å². The standard InChI is InChI=1S/C16H27N3O/c1-4-17-15(14-10-13-5-6-16(14)20-13)9-12-7-8-19(18-12)11(2)3/h7-8,11,13-17H,4-6,9-10H2,1-3H3. The lowest BCUT2D eigenvalue weighted by atomic mass is 9.82. The number of hydrogen-bond acceptors (Lipinski definition) is 3. The first kappa shape index (κ1) is 14.1. The Kier molecular flexibility index (Phi) is 4.13. The zero-order valence-electron chi connectivity index (χ0n) is 12.9. The summed E-state index contributed by atoms with van der Waals surface area (Å²) in [4.78, 5) is 0. The minimum Gasteiger partial charge on any atom is -0.375 e. The van der Waals surface area contributed by atoms with Crippen LogP contribution < -0.4 is 5.32 Å². The van der Waals surface area contributed by atoms with E-state index in [4.69, 9.17) is 9.84 Å². The summed E-state index contributed by atoms with van der Waals surface area (Å²) in [5, 5.41) is 8.37. The van der Waals surface area contributed by atoms with Crippen LogP contribution in [0, 0.1) is 5.92 Å². The van der Waals surface area contributed by atoms with E-state index in [1.54, 1.807) is 0 Å². The predicted molar refractivity (Wildman–Crippen MR) is 79.8 cm³/mol. The van der Waals surface area contributed by atoms with E-state index in [0.29, 0.717) is 30.2 Å². The molecule has 0 aliphatic carbocycles. The molecule has 3 rings (SSSR count). The zero-order chi connectivity index (χ0) is 14.1. The summed E-state index contributed by atoms with van der Waals surface area (Å²) >= 11 is 0. The van der Waals surface area contributed by atoms with Gasteiger partial charge in [-0.2, -0.15) is 5.10 Å². The molecule has 3 heterocycles. The van der Waals surface area contributed by atoms with E-state index in [1.165, 1.54) is 25.0 Å². The first-order chi connectivity index (χ1) is 9.67. The molecule has 0 amide bonds. The second kappa shape index (κ2) is 5.86. The number of ether oxygens (including phenoxy) is 1. The minimum atomic E-state index is 0.437. The third kappa shape index (κ3) is 2.77. The van der Waals surface area contributed by atoms with Gasteiger partial charge in [-0.1, -0.05) is 6.92 Å². The Hall–Kier alpha value is -0.870. The van der Waals surface area contributed by atoms with E-state index in [9.17, 15) is 0 Å². The summed E-state index contributed by atoms with van der Waals surface area (Å²) in [6, 6.07) is 3.11. The molecule has 112 valence electrons. The second-order valence-electron chi connectivity index (χ2n) is 6.52. The maximum atomic E-state index is 6.03. The number of fused-ring (bicyclic) bond motifs is 2. The molecule has 4 heteroatoms. The zero-order valence-corrected chi connectivity index (χ0v) is 12.9. The highest BCUT2D eigenvalue weighted by Gasteiger charge is 2.44. The van der Waals surface area contributed by atoms with Crippen molar-refractivity contribution in [2.24, 2.45) is 5.92 Å². The van der Waals surface area contributed by atoms with Crippen LogP contribution in [0.25, 0.3) is 0 Å². The molecule has 1 aromatic heterocycles. The highest BCUT2D eigenvalue weighted by Crippen LogP contribution is 2.40. The van der Waals surface area contributed by atoms with Gasteiger partial charge in [0, 0.05) is 30.6 Å². The highest BCUT2D eigenvalue weighted by molar-refractivity contribution is 5.05. The summed E-state index contributed by atoms with van der Waals surface area (Å²) < 4.78 is 8.08. The van der Waals surface area contributed by atoms with Crippen molar-refractivity contribution in [2.45, 2.75) is 70.7 Å². The van der Waals surface area contributed by atoms with E-state index in [0.717, 1.165) is 13.0 Å². The van der Waals surface area contributed by atoms with Gasteiger partial charge in [0.1, 0.15) is 0 Å². The summed E-state index contributed by atoms with van der Waals surface area (Å²) in [5.41, 5.74) is 1.20. The number of nitrogens with zero attached hydrogens (tertiary/aromatic N) is 2. The fourth-order valence-corrected chi connectivity index (χ4v) is 3.74. The van der Waals surface area contributed by atoms with Crippen molar-refractivity contribution in [1.82, 2.24) is 15.1 Å². The van der Waals surface area contributed by atoms with E-state index >= 15 is 0 Å². The Morgan fingerprint density at radius 3 is 2.85 bits per heavy atom. The molecule has 1 aromatic rings. The molecule has 0 radical (unpaired) electrons. The Balaban J connectivity index is 1.67. The van der Waals surface area contributed by atoms with Crippen LogP contribution in [0.15, 0.2) is 12.3 Å². The molecule has 0 spiro atoms. The van der Waals surface area contributed by atoms with Gasteiger partial charge in [-0.05, 0) is 45.7 Å². The number of hydrogen-bond donors (Lipinski definition) is 1. The maximum Gasteiger partial charge on any atom is 0.0640 e. The molecule has 20 heavy (non-hydrogen) atoms. The van der Waals surface area contributed by atoms with E-state index in [1.807, 2.05) is 0 Å². The fourth-order valence-electron chi connectivity index (χ4n) is 3.74. The third-order valence-corrected chi connectivity index (χ3v) is 4.76. The van der Waals surface area contributed by atoms with Crippen LogP contribution in [0.1, 0.15) is 51.8 Å². The van der Waals surface area contributed by atoms with Gasteiger partial charge < -0.3 is 10.1 Å². The van der Waals surface area contributed by atoms with Crippen molar-refractivity contribution in [3.8, 4) is 0 Å². The van der Waals surface area contributed by atoms with Crippen LogP contribution in [-0.4, -0.2) is 34.6 Å². The van der Waals surface area contributed by atoms with Crippen molar-refractivity contribution >= 4 is 0 Å². The second-order valence-corrected chi connectivity index (χ2v) is 6.52. The van der Waals surface area contributed by atoms with E-state index in [2.05, 4.69) is 43.0 Å². The summed E-state index contributed by atoms with van der Waals surface area (Å²) in [6.45, 7) is 7.54. The van der Waals surface area contributed by atoms with Gasteiger partial charge in [-0.15, -0.1) is 0 Å². The summed E-state index contributed by atoms with van der Waals surface area (Å²) in [7, 11) is 0. The van der Waals surface area contributed by atoms with Crippen molar-refractivity contribution < 1.29 is 4.74 Å². The Labute approximate surface area is 121 Å². The number of nitrogens with one attached hydrogen (secondary N) is 1. The third-order valence-electron chi connectivity index (χ3n) is 4.76. The van der Waals surface area contributed by atoms with Crippen molar-refractivity contribution in [2.75, 3.05) is 6.54 Å². The number of rotatable bonds is 6. The molecule has 4 atom stereocenters. The lowest BCUT2D eigenvalue weighted by Crippen LogP contribution is -2.42. The highest BCUT2D eigenvalue weighted by atomic mass is 16.5. The predicted octanol–water partition coefficient (Wildman–Crippen LogP) is 2.55. The molecule has 1 N–H and O–H groups in total. The Morgan fingerprint density at radius 1 is 1.45 bits per heavy atom. The molecule has 4 nitrogen and oxygen atoms in total. The molecule has 2 fully saturated rings. The smallest absolute Gasteiger partial charge is 0.0640 e. The average molecular weight is 277 g/mol. The molecule has 2 aliphatic rings. The molecule has 4 unspecified atom stereocenters. The molecular weight excluding hydrogens is 250 g/mol. The Morgan fingerprint density at radius 2 is 2.30 bits per heavy atom. The quantitative estimate of drug-likeness (QED) is 0.868. The lowest BCUT2D eigenvalue weighted by Gasteiger charge is -2.28. The number of likely N-dealkylation sites (N-methyl/N-ethyl adjacent to an activating group) is 1. The summed E-state index contributed by atoms with van der Waals surface area (Å²) in [5.74, 6) is 0.665. The average Bonchev–Trinajstić information content (AvgIpc) is 3.14. The largest absolute Gasteiger partial charge is 0.375 e. The van der Waals surface area contributed by atoms with Crippen LogP contribution in [-0.2, 0) is 11.2 Å². The van der Waals surface area contributed by atoms with Crippen molar-refractivity contribution in [3.05, 3.63) is 18.0 Å². The monoisotopic (exact) mass is 277 g/mol. The van der Waals surface area contributed by atoms with Crippen molar-refractivity contribution in [3.63, 3.8) is 0 Å². The van der Waals surface area contributed by atoms with E-state index < -0.39 is 0 Å². The van der Waals surface area contributed by atoms with Gasteiger partial charge in [0.05, 0.1) is 17.9 Å². The van der Waals surface area contributed by atoms with Gasteiger partial charge in [0.2, 0.25) is 0 Å². The van der Waals surface area contributed by atoms with Gasteiger partial charge >= 0.3 is 0 Å². The number of aromatic nitrogens is 2. The van der Waals surface area contributed by atoms with Crippen molar-refractivity contribution in [1.29, 1.82) is 0 Å². The molecular formula is C16H27N3O. The van der Waals surface area contributed by atoms with Crippen LogP contribution in [0.3, 0.4) is 0 Å². The maximum absolute atomic E-state index is 6.03. The normalized spacial score (nSPS) is 30.3. The van der Waals surface area contributed by atoms with Gasteiger partial charge in [-0.3, -0.25) is 4.68 Å². The van der Waals surface area contributed by atoms with Crippen LogP contribution >= 0.6 is 0 Å². The van der Waals surface area contributed by atoms with Gasteiger partial charge in [-0.25, -0.2) is 0 Å². The molecule has 0 aromatic carbocycles. The molecule has 2 bridgehead atoms. The van der Waals surface area contributed by atoms with Gasteiger partial charge in [0.15, 0.2) is 0 Å². The van der Waals surface area contributed by atoms with Crippen LogP contribution in [0.4, 0.5) is 0 Å². The van der Waals surface area contributed by atoms with Gasteiger partial charge in [0.25, 0.3) is 0 Å². The Bertz CT molecular complexity index is 443. The molecule has 2 saturated heterocycles. The molecule has 2 aliphatic heterocycles. The minimum absolute atomic E-state index is 0.437. The first-order valence-corrected chi connectivity index (χ1v) is 8.10. The van der Waals surface area contributed by atoms with E-state index in [-0.39, 0.29) is 0 Å². The first-order valence-electron chi connectivity index (χ1n) is 8.10. The lowest BCUT2D eigenvalue weighted by molar-refractivity contribution is 0.0857. The summed E-state index contributed by atoms with van der Waals surface area (Å²) in [6.07, 6.45) is 7.87. The topological polar surface area (TPSA) is 39.1 Å². The fraction of sp³-hybridized carbons (Fsp3) is 0.812. The van der Waals surface area contributed by atoms with Crippen LogP contribution in [0.5, 0.6) is 0 Å². The molecule has 0 saturated carbocycles.